The van der Waals surface area contributed by atoms with Crippen LogP contribution in [0.3, 0.4) is 0 Å². The van der Waals surface area contributed by atoms with Gasteiger partial charge < -0.3 is 10.5 Å². The zero-order valence-electron chi connectivity index (χ0n) is 13.7. The van der Waals surface area contributed by atoms with Crippen LogP contribution in [0, 0.1) is 0 Å². The smallest absolute Gasteiger partial charge is 0.241 e. The predicted molar refractivity (Wildman–Crippen MR) is 90.2 cm³/mol. The van der Waals surface area contributed by atoms with Crippen LogP contribution in [-0.4, -0.2) is 27.6 Å². The number of hydrogen-bond donors (Lipinski definition) is 2. The van der Waals surface area contributed by atoms with Gasteiger partial charge in [0, 0.05) is 17.6 Å². The van der Waals surface area contributed by atoms with Gasteiger partial charge in [-0.2, -0.15) is 0 Å². The zero-order chi connectivity index (χ0) is 16.4. The molecule has 1 fully saturated rings. The highest BCUT2D eigenvalue weighted by Crippen LogP contribution is 2.34. The van der Waals surface area contributed by atoms with Crippen LogP contribution in [0.15, 0.2) is 17.0 Å². The largest absolute Gasteiger partial charge is 0.496 e. The third-order valence-corrected chi connectivity index (χ3v) is 6.62. The molecule has 1 aromatic rings. The molecule has 0 spiro atoms. The molecule has 0 saturated heterocycles. The highest BCUT2D eigenvalue weighted by molar-refractivity contribution is 7.89. The number of benzene rings is 1. The van der Waals surface area contributed by atoms with Crippen LogP contribution < -0.4 is 15.2 Å². The molecule has 0 unspecified atom stereocenters. The van der Waals surface area contributed by atoms with E-state index in [0.717, 1.165) is 49.0 Å². The normalized spacial score (nSPS) is 22.6. The van der Waals surface area contributed by atoms with Crippen molar-refractivity contribution < 1.29 is 13.2 Å². The summed E-state index contributed by atoms with van der Waals surface area (Å²) < 4.78 is 34.1. The molecule has 1 atom stereocenters. The Bertz CT molecular complexity index is 667. The molecule has 2 aliphatic rings. The average Bonchev–Trinajstić information content (AvgIpc) is 2.54. The molecular formula is C17H26N2O3S. The highest BCUT2D eigenvalue weighted by atomic mass is 32.2. The standard InChI is InChI=1S/C17H26N2O3S/c1-22-16-9-10-17(14-8-7-12(18)11-15(14)16)23(20,21)19-13-5-3-2-4-6-13/h9-10,12-13,19H,2-8,11,18H2,1H3/t12-/m0/s1. The van der Waals surface area contributed by atoms with Crippen molar-refractivity contribution in [2.75, 3.05) is 7.11 Å². The molecule has 6 heteroatoms. The number of hydrogen-bond acceptors (Lipinski definition) is 4. The summed E-state index contributed by atoms with van der Waals surface area (Å²) in [5, 5.41) is 0. The van der Waals surface area contributed by atoms with E-state index < -0.39 is 10.0 Å². The molecule has 0 amide bonds. The van der Waals surface area contributed by atoms with E-state index in [2.05, 4.69) is 4.72 Å². The van der Waals surface area contributed by atoms with Crippen molar-refractivity contribution in [3.8, 4) is 5.75 Å². The molecule has 0 aliphatic heterocycles. The Balaban J connectivity index is 1.94. The van der Waals surface area contributed by atoms with E-state index in [1.54, 1.807) is 19.2 Å². The highest BCUT2D eigenvalue weighted by Gasteiger charge is 2.29. The van der Waals surface area contributed by atoms with Gasteiger partial charge in [-0.1, -0.05) is 19.3 Å². The van der Waals surface area contributed by atoms with Crippen molar-refractivity contribution >= 4 is 10.0 Å². The summed E-state index contributed by atoms with van der Waals surface area (Å²) in [5.74, 6) is 0.742. The number of rotatable bonds is 4. The fourth-order valence-corrected chi connectivity index (χ4v) is 5.39. The van der Waals surface area contributed by atoms with Crippen LogP contribution in [0.2, 0.25) is 0 Å². The lowest BCUT2D eigenvalue weighted by Gasteiger charge is -2.27. The Hall–Kier alpha value is -1.11. The minimum atomic E-state index is -3.49. The van der Waals surface area contributed by atoms with Gasteiger partial charge in [0.05, 0.1) is 12.0 Å². The monoisotopic (exact) mass is 338 g/mol. The third kappa shape index (κ3) is 3.54. The Kier molecular flexibility index (Phi) is 4.94. The minimum Gasteiger partial charge on any atom is -0.496 e. The predicted octanol–water partition coefficient (Wildman–Crippen LogP) is 2.12. The second-order valence-corrected chi connectivity index (χ2v) is 8.36. The summed E-state index contributed by atoms with van der Waals surface area (Å²) in [5.41, 5.74) is 7.90. The topological polar surface area (TPSA) is 81.4 Å². The first kappa shape index (κ1) is 16.7. The number of fused-ring (bicyclic) bond motifs is 1. The van der Waals surface area contributed by atoms with Gasteiger partial charge in [-0.3, -0.25) is 0 Å². The first-order valence-corrected chi connectivity index (χ1v) is 9.96. The number of sulfonamides is 1. The van der Waals surface area contributed by atoms with Gasteiger partial charge in [0.2, 0.25) is 10.0 Å². The Morgan fingerprint density at radius 3 is 2.57 bits per heavy atom. The maximum Gasteiger partial charge on any atom is 0.241 e. The molecule has 5 nitrogen and oxygen atoms in total. The quantitative estimate of drug-likeness (QED) is 0.881. The van der Waals surface area contributed by atoms with Gasteiger partial charge in [0.25, 0.3) is 0 Å². The van der Waals surface area contributed by atoms with Crippen molar-refractivity contribution in [2.24, 2.45) is 5.73 Å². The van der Waals surface area contributed by atoms with Crippen molar-refractivity contribution in [2.45, 2.75) is 68.3 Å². The number of nitrogens with two attached hydrogens (primary N) is 1. The van der Waals surface area contributed by atoms with Crippen LogP contribution in [0.4, 0.5) is 0 Å². The summed E-state index contributed by atoms with van der Waals surface area (Å²) in [6.07, 6.45) is 7.44. The van der Waals surface area contributed by atoms with E-state index in [0.29, 0.717) is 17.7 Å². The maximum absolute atomic E-state index is 12.9. The van der Waals surface area contributed by atoms with Gasteiger partial charge in [0.15, 0.2) is 0 Å². The van der Waals surface area contributed by atoms with Crippen molar-refractivity contribution in [3.05, 3.63) is 23.3 Å². The summed E-state index contributed by atoms with van der Waals surface area (Å²) in [6.45, 7) is 0. The summed E-state index contributed by atoms with van der Waals surface area (Å²) in [4.78, 5) is 0.408. The average molecular weight is 338 g/mol. The van der Waals surface area contributed by atoms with Crippen molar-refractivity contribution in [1.29, 1.82) is 0 Å². The van der Waals surface area contributed by atoms with Gasteiger partial charge >= 0.3 is 0 Å². The molecule has 0 bridgehead atoms. The van der Waals surface area contributed by atoms with Crippen LogP contribution in [-0.2, 0) is 22.9 Å². The maximum atomic E-state index is 12.9. The molecular weight excluding hydrogens is 312 g/mol. The summed E-state index contributed by atoms with van der Waals surface area (Å²) in [7, 11) is -1.87. The molecule has 2 aliphatic carbocycles. The van der Waals surface area contributed by atoms with E-state index in [4.69, 9.17) is 10.5 Å². The van der Waals surface area contributed by atoms with Crippen LogP contribution in [0.25, 0.3) is 0 Å². The lowest BCUT2D eigenvalue weighted by atomic mass is 9.88. The fourth-order valence-electron chi connectivity index (χ4n) is 3.79. The van der Waals surface area contributed by atoms with E-state index in [-0.39, 0.29) is 12.1 Å². The Labute approximate surface area is 138 Å². The molecule has 3 rings (SSSR count). The minimum absolute atomic E-state index is 0.0670. The van der Waals surface area contributed by atoms with Gasteiger partial charge in [-0.15, -0.1) is 0 Å². The third-order valence-electron chi connectivity index (χ3n) is 5.01. The Morgan fingerprint density at radius 1 is 1.13 bits per heavy atom. The molecule has 1 saturated carbocycles. The van der Waals surface area contributed by atoms with E-state index in [1.807, 2.05) is 0 Å². The fraction of sp³-hybridized carbons (Fsp3) is 0.647. The number of nitrogens with one attached hydrogen (secondary N) is 1. The molecule has 23 heavy (non-hydrogen) atoms. The second kappa shape index (κ2) is 6.79. The molecule has 128 valence electrons. The Morgan fingerprint density at radius 2 is 1.87 bits per heavy atom. The first-order valence-electron chi connectivity index (χ1n) is 8.48. The lowest BCUT2D eigenvalue weighted by molar-refractivity contribution is 0.401. The first-order chi connectivity index (χ1) is 11.0. The van der Waals surface area contributed by atoms with Crippen LogP contribution >= 0.6 is 0 Å². The molecule has 3 N–H and O–H groups in total. The molecule has 0 heterocycles. The second-order valence-electron chi connectivity index (χ2n) is 6.68. The summed E-state index contributed by atoms with van der Waals surface area (Å²) >= 11 is 0. The van der Waals surface area contributed by atoms with E-state index in [1.165, 1.54) is 6.42 Å². The van der Waals surface area contributed by atoms with Gasteiger partial charge in [-0.25, -0.2) is 13.1 Å². The molecule has 0 aromatic heterocycles. The lowest BCUT2D eigenvalue weighted by Crippen LogP contribution is -2.37. The van der Waals surface area contributed by atoms with Gasteiger partial charge in [0.1, 0.15) is 5.75 Å². The van der Waals surface area contributed by atoms with E-state index >= 15 is 0 Å². The van der Waals surface area contributed by atoms with Crippen LogP contribution in [0.5, 0.6) is 5.75 Å². The zero-order valence-corrected chi connectivity index (χ0v) is 14.5. The van der Waals surface area contributed by atoms with Crippen molar-refractivity contribution in [1.82, 2.24) is 4.72 Å². The number of methoxy groups -OCH3 is 1. The van der Waals surface area contributed by atoms with Crippen LogP contribution in [0.1, 0.15) is 49.7 Å². The number of ether oxygens (including phenoxy) is 1. The van der Waals surface area contributed by atoms with Gasteiger partial charge in [-0.05, 0) is 49.8 Å². The SMILES string of the molecule is COc1ccc(S(=O)(=O)NC2CCCCC2)c2c1C[C@@H](N)CC2. The summed E-state index contributed by atoms with van der Waals surface area (Å²) in [6, 6.07) is 3.57. The van der Waals surface area contributed by atoms with Crippen molar-refractivity contribution in [3.63, 3.8) is 0 Å². The van der Waals surface area contributed by atoms with E-state index in [9.17, 15) is 8.42 Å². The molecule has 1 aromatic carbocycles. The molecule has 0 radical (unpaired) electrons.